The topological polar surface area (TPSA) is 30.5 Å². The largest absolute Gasteiger partial charge is 0.488 e. The number of methoxy groups -OCH3 is 1. The molecule has 0 saturated heterocycles. The quantitative estimate of drug-likeness (QED) is 0.861. The standard InChI is InChI=1S/C14H20ClNO2/c1-3-7-16-12-9-13(14(12)17-2)18-11-6-4-5-10(15)8-11/h4-6,8,12-14,16H,3,7,9H2,1-2H3. The Balaban J connectivity index is 1.88. The molecule has 3 atom stereocenters. The van der Waals surface area contributed by atoms with Crippen LogP contribution in [-0.2, 0) is 4.74 Å². The van der Waals surface area contributed by atoms with Crippen molar-refractivity contribution in [3.05, 3.63) is 29.3 Å². The van der Waals surface area contributed by atoms with E-state index in [-0.39, 0.29) is 12.2 Å². The van der Waals surface area contributed by atoms with Crippen LogP contribution in [-0.4, -0.2) is 31.9 Å². The molecule has 1 saturated carbocycles. The van der Waals surface area contributed by atoms with Crippen LogP contribution in [0.2, 0.25) is 5.02 Å². The first-order valence-corrected chi connectivity index (χ1v) is 6.80. The van der Waals surface area contributed by atoms with Gasteiger partial charge in [-0.2, -0.15) is 0 Å². The summed E-state index contributed by atoms with van der Waals surface area (Å²) >= 11 is 5.93. The van der Waals surface area contributed by atoms with Crippen molar-refractivity contribution in [1.82, 2.24) is 5.32 Å². The summed E-state index contributed by atoms with van der Waals surface area (Å²) in [6, 6.07) is 7.89. The van der Waals surface area contributed by atoms with Crippen LogP contribution in [0.4, 0.5) is 0 Å². The normalized spacial score (nSPS) is 26.7. The van der Waals surface area contributed by atoms with Crippen molar-refractivity contribution in [3.63, 3.8) is 0 Å². The molecule has 0 aromatic heterocycles. The summed E-state index contributed by atoms with van der Waals surface area (Å²) in [7, 11) is 1.73. The maximum absolute atomic E-state index is 5.93. The Kier molecular flexibility index (Phi) is 4.87. The van der Waals surface area contributed by atoms with Crippen molar-refractivity contribution in [2.45, 2.75) is 38.0 Å². The second kappa shape index (κ2) is 6.41. The van der Waals surface area contributed by atoms with Crippen LogP contribution in [0, 0.1) is 0 Å². The third-order valence-corrected chi connectivity index (χ3v) is 3.50. The molecule has 0 heterocycles. The van der Waals surface area contributed by atoms with Crippen molar-refractivity contribution in [1.29, 1.82) is 0 Å². The minimum atomic E-state index is 0.114. The van der Waals surface area contributed by atoms with Crippen molar-refractivity contribution < 1.29 is 9.47 Å². The molecule has 1 aliphatic rings. The fraction of sp³-hybridized carbons (Fsp3) is 0.571. The molecule has 1 aliphatic carbocycles. The molecule has 3 nitrogen and oxygen atoms in total. The molecule has 18 heavy (non-hydrogen) atoms. The highest BCUT2D eigenvalue weighted by atomic mass is 35.5. The lowest BCUT2D eigenvalue weighted by molar-refractivity contribution is -0.0887. The summed E-state index contributed by atoms with van der Waals surface area (Å²) in [5.74, 6) is 0.809. The third-order valence-electron chi connectivity index (χ3n) is 3.26. The van der Waals surface area contributed by atoms with Gasteiger partial charge in [-0.15, -0.1) is 0 Å². The van der Waals surface area contributed by atoms with E-state index in [2.05, 4.69) is 12.2 Å². The molecule has 100 valence electrons. The zero-order chi connectivity index (χ0) is 13.0. The first-order valence-electron chi connectivity index (χ1n) is 6.43. The lowest BCUT2D eigenvalue weighted by atomic mass is 9.85. The van der Waals surface area contributed by atoms with Crippen LogP contribution in [0.15, 0.2) is 24.3 Å². The molecule has 2 rings (SSSR count). The molecule has 1 aromatic rings. The second-order valence-electron chi connectivity index (χ2n) is 4.61. The lowest BCUT2D eigenvalue weighted by Gasteiger charge is -2.43. The Labute approximate surface area is 113 Å². The van der Waals surface area contributed by atoms with E-state index in [0.29, 0.717) is 11.1 Å². The predicted octanol–water partition coefficient (Wildman–Crippen LogP) is 2.87. The Morgan fingerprint density at radius 2 is 2.28 bits per heavy atom. The van der Waals surface area contributed by atoms with Crippen LogP contribution in [0.5, 0.6) is 5.75 Å². The summed E-state index contributed by atoms with van der Waals surface area (Å²) in [5.41, 5.74) is 0. The van der Waals surface area contributed by atoms with E-state index < -0.39 is 0 Å². The van der Waals surface area contributed by atoms with E-state index in [1.807, 2.05) is 24.3 Å². The van der Waals surface area contributed by atoms with Gasteiger partial charge < -0.3 is 14.8 Å². The van der Waals surface area contributed by atoms with Gasteiger partial charge >= 0.3 is 0 Å². The SMILES string of the molecule is CCCNC1CC(Oc2cccc(Cl)c2)C1OC. The monoisotopic (exact) mass is 269 g/mol. The molecule has 0 radical (unpaired) electrons. The molecule has 0 aliphatic heterocycles. The molecule has 4 heteroatoms. The zero-order valence-electron chi connectivity index (χ0n) is 10.9. The number of halogens is 1. The second-order valence-corrected chi connectivity index (χ2v) is 5.05. The Morgan fingerprint density at radius 3 is 2.94 bits per heavy atom. The molecule has 0 bridgehead atoms. The van der Waals surface area contributed by atoms with Crippen molar-refractivity contribution in [2.24, 2.45) is 0 Å². The smallest absolute Gasteiger partial charge is 0.128 e. The third kappa shape index (κ3) is 3.16. The highest BCUT2D eigenvalue weighted by molar-refractivity contribution is 6.30. The minimum absolute atomic E-state index is 0.114. The molecular weight excluding hydrogens is 250 g/mol. The lowest BCUT2D eigenvalue weighted by Crippen LogP contribution is -2.61. The average Bonchev–Trinajstić information content (AvgIpc) is 2.33. The first-order chi connectivity index (χ1) is 8.74. The first kappa shape index (κ1) is 13.7. The maximum atomic E-state index is 5.93. The van der Waals surface area contributed by atoms with Gasteiger partial charge in [-0.3, -0.25) is 0 Å². The molecule has 1 N–H and O–H groups in total. The molecule has 0 spiro atoms. The number of ether oxygens (including phenoxy) is 2. The molecule has 1 fully saturated rings. The van der Waals surface area contributed by atoms with Crippen molar-refractivity contribution in [3.8, 4) is 5.75 Å². The van der Waals surface area contributed by atoms with Gasteiger partial charge in [0.1, 0.15) is 18.0 Å². The zero-order valence-corrected chi connectivity index (χ0v) is 11.6. The summed E-state index contributed by atoms with van der Waals surface area (Å²) in [4.78, 5) is 0. The van der Waals surface area contributed by atoms with E-state index in [1.54, 1.807) is 7.11 Å². The van der Waals surface area contributed by atoms with E-state index in [9.17, 15) is 0 Å². The van der Waals surface area contributed by atoms with Crippen LogP contribution >= 0.6 is 11.6 Å². The number of hydrogen-bond donors (Lipinski definition) is 1. The highest BCUT2D eigenvalue weighted by Crippen LogP contribution is 2.29. The van der Waals surface area contributed by atoms with E-state index in [4.69, 9.17) is 21.1 Å². The summed E-state index contributed by atoms with van der Waals surface area (Å²) in [6.45, 7) is 3.18. The number of hydrogen-bond acceptors (Lipinski definition) is 3. The fourth-order valence-corrected chi connectivity index (χ4v) is 2.44. The Hall–Kier alpha value is -0.770. The van der Waals surface area contributed by atoms with Gasteiger partial charge in [-0.1, -0.05) is 24.6 Å². The van der Waals surface area contributed by atoms with E-state index in [0.717, 1.165) is 25.1 Å². The minimum Gasteiger partial charge on any atom is -0.488 e. The summed E-state index contributed by atoms with van der Waals surface area (Å²) in [5, 5.41) is 4.16. The highest BCUT2D eigenvalue weighted by Gasteiger charge is 2.42. The van der Waals surface area contributed by atoms with Crippen molar-refractivity contribution in [2.75, 3.05) is 13.7 Å². The number of nitrogens with one attached hydrogen (secondary N) is 1. The summed E-state index contributed by atoms with van der Waals surface area (Å²) in [6.07, 6.45) is 2.34. The van der Waals surface area contributed by atoms with E-state index in [1.165, 1.54) is 0 Å². The average molecular weight is 270 g/mol. The van der Waals surface area contributed by atoms with Crippen LogP contribution < -0.4 is 10.1 Å². The Morgan fingerprint density at radius 1 is 1.44 bits per heavy atom. The van der Waals surface area contributed by atoms with Crippen LogP contribution in [0.25, 0.3) is 0 Å². The van der Waals surface area contributed by atoms with Gasteiger partial charge in [0.05, 0.1) is 0 Å². The molecule has 1 aromatic carbocycles. The van der Waals surface area contributed by atoms with Gasteiger partial charge in [-0.05, 0) is 31.2 Å². The molecule has 3 unspecified atom stereocenters. The van der Waals surface area contributed by atoms with Gasteiger partial charge in [-0.25, -0.2) is 0 Å². The maximum Gasteiger partial charge on any atom is 0.128 e. The summed E-state index contributed by atoms with van der Waals surface area (Å²) < 4.78 is 11.4. The van der Waals surface area contributed by atoms with Gasteiger partial charge in [0.25, 0.3) is 0 Å². The van der Waals surface area contributed by atoms with Gasteiger partial charge in [0.2, 0.25) is 0 Å². The fourth-order valence-electron chi connectivity index (χ4n) is 2.26. The Bertz CT molecular complexity index is 386. The number of rotatable bonds is 6. The molecular formula is C14H20ClNO2. The van der Waals surface area contributed by atoms with Crippen LogP contribution in [0.1, 0.15) is 19.8 Å². The van der Waals surface area contributed by atoms with E-state index >= 15 is 0 Å². The van der Waals surface area contributed by atoms with Crippen molar-refractivity contribution >= 4 is 11.6 Å². The molecule has 0 amide bonds. The van der Waals surface area contributed by atoms with Gasteiger partial charge in [0.15, 0.2) is 0 Å². The predicted molar refractivity (Wildman–Crippen MR) is 73.4 cm³/mol. The van der Waals surface area contributed by atoms with Gasteiger partial charge in [0, 0.05) is 24.6 Å². The van der Waals surface area contributed by atoms with Crippen LogP contribution in [0.3, 0.4) is 0 Å². The number of benzene rings is 1.